The van der Waals surface area contributed by atoms with Gasteiger partial charge in [0.25, 0.3) is 11.8 Å². The molecule has 1 saturated heterocycles. The molecule has 2 N–H and O–H groups in total. The van der Waals surface area contributed by atoms with Crippen LogP contribution in [0.3, 0.4) is 0 Å². The molecule has 0 aliphatic carbocycles. The van der Waals surface area contributed by atoms with Gasteiger partial charge in [-0.2, -0.15) is 0 Å². The summed E-state index contributed by atoms with van der Waals surface area (Å²) in [7, 11) is 1.60. The standard InChI is InChI=1S/C20H25N5O3S/c1-3-17-19(27)23-16-10-14(29-20(16)28-17)12-24-6-8-25(9-7-24)13-4-5-15(22-11-13)18(26)21-2/h4-5,10-11,17H,3,6-9,12H2,1-2H3,(H,21,26)(H,23,27). The minimum atomic E-state index is -0.388. The summed E-state index contributed by atoms with van der Waals surface area (Å²) in [6, 6.07) is 5.73. The highest BCUT2D eigenvalue weighted by Gasteiger charge is 2.28. The zero-order valence-electron chi connectivity index (χ0n) is 16.6. The van der Waals surface area contributed by atoms with E-state index in [1.54, 1.807) is 30.6 Å². The maximum absolute atomic E-state index is 12.0. The Kier molecular flexibility index (Phi) is 5.68. The number of amides is 2. The van der Waals surface area contributed by atoms with Crippen molar-refractivity contribution < 1.29 is 14.3 Å². The molecule has 0 aromatic carbocycles. The number of nitrogens with one attached hydrogen (secondary N) is 2. The number of carbonyl (C=O) groups is 2. The maximum Gasteiger partial charge on any atom is 0.269 e. The van der Waals surface area contributed by atoms with Crippen LogP contribution in [0.2, 0.25) is 0 Å². The van der Waals surface area contributed by atoms with Gasteiger partial charge in [-0.1, -0.05) is 6.92 Å². The van der Waals surface area contributed by atoms with E-state index in [9.17, 15) is 9.59 Å². The van der Waals surface area contributed by atoms with E-state index in [-0.39, 0.29) is 17.9 Å². The molecule has 2 aliphatic heterocycles. The summed E-state index contributed by atoms with van der Waals surface area (Å²) in [6.07, 6.45) is 2.04. The quantitative estimate of drug-likeness (QED) is 0.776. The lowest BCUT2D eigenvalue weighted by Gasteiger charge is -2.35. The fraction of sp³-hybridized carbons (Fsp3) is 0.450. The molecule has 1 unspecified atom stereocenters. The molecule has 0 radical (unpaired) electrons. The van der Waals surface area contributed by atoms with Crippen molar-refractivity contribution >= 4 is 34.5 Å². The number of rotatable bonds is 5. The van der Waals surface area contributed by atoms with E-state index in [0.29, 0.717) is 12.1 Å². The molecular weight excluding hydrogens is 390 g/mol. The highest BCUT2D eigenvalue weighted by Crippen LogP contribution is 2.39. The van der Waals surface area contributed by atoms with E-state index >= 15 is 0 Å². The van der Waals surface area contributed by atoms with Gasteiger partial charge in [0.15, 0.2) is 11.2 Å². The van der Waals surface area contributed by atoms with Gasteiger partial charge in [0.05, 0.1) is 17.6 Å². The molecule has 0 saturated carbocycles. The van der Waals surface area contributed by atoms with E-state index in [1.165, 1.54) is 4.88 Å². The number of carbonyl (C=O) groups excluding carboxylic acids is 2. The van der Waals surface area contributed by atoms with Crippen molar-refractivity contribution in [3.8, 4) is 5.06 Å². The van der Waals surface area contributed by atoms with Gasteiger partial charge >= 0.3 is 0 Å². The molecule has 1 fully saturated rings. The summed E-state index contributed by atoms with van der Waals surface area (Å²) in [5, 5.41) is 6.34. The molecule has 8 nitrogen and oxygen atoms in total. The zero-order chi connectivity index (χ0) is 20.4. The van der Waals surface area contributed by atoms with Crippen molar-refractivity contribution in [2.24, 2.45) is 0 Å². The number of nitrogens with zero attached hydrogens (tertiary/aromatic N) is 3. The summed E-state index contributed by atoms with van der Waals surface area (Å²) in [5.41, 5.74) is 2.25. The second-order valence-electron chi connectivity index (χ2n) is 7.16. The molecule has 4 heterocycles. The number of aromatic nitrogens is 1. The zero-order valence-corrected chi connectivity index (χ0v) is 17.4. The molecule has 4 rings (SSSR count). The number of ether oxygens (including phenoxy) is 1. The first kappa shape index (κ1) is 19.7. The van der Waals surface area contributed by atoms with Crippen molar-refractivity contribution in [2.45, 2.75) is 26.0 Å². The second-order valence-corrected chi connectivity index (χ2v) is 8.26. The lowest BCUT2D eigenvalue weighted by Crippen LogP contribution is -2.45. The topological polar surface area (TPSA) is 86.8 Å². The van der Waals surface area contributed by atoms with E-state index < -0.39 is 0 Å². The van der Waals surface area contributed by atoms with E-state index in [0.717, 1.165) is 49.2 Å². The first-order valence-corrected chi connectivity index (χ1v) is 10.6. The fourth-order valence-corrected chi connectivity index (χ4v) is 4.61. The minimum Gasteiger partial charge on any atom is -0.469 e. The molecule has 0 bridgehead atoms. The molecule has 2 aromatic rings. The van der Waals surface area contributed by atoms with Crippen LogP contribution in [-0.4, -0.2) is 61.0 Å². The van der Waals surface area contributed by atoms with Crippen molar-refractivity contribution in [3.63, 3.8) is 0 Å². The van der Waals surface area contributed by atoms with Crippen molar-refractivity contribution in [3.05, 3.63) is 35.0 Å². The molecule has 2 aliphatic rings. The highest BCUT2D eigenvalue weighted by atomic mass is 32.1. The maximum atomic E-state index is 12.0. The third kappa shape index (κ3) is 4.20. The van der Waals surface area contributed by atoms with Gasteiger partial charge in [-0.25, -0.2) is 4.98 Å². The second kappa shape index (κ2) is 8.38. The first-order chi connectivity index (χ1) is 14.1. The van der Waals surface area contributed by atoms with Crippen molar-refractivity contribution in [2.75, 3.05) is 43.4 Å². The largest absolute Gasteiger partial charge is 0.469 e. The number of piperazine rings is 1. The van der Waals surface area contributed by atoms with Crippen LogP contribution < -0.4 is 20.3 Å². The Morgan fingerprint density at radius 1 is 1.34 bits per heavy atom. The van der Waals surface area contributed by atoms with Crippen LogP contribution in [0.5, 0.6) is 5.06 Å². The number of hydrogen-bond donors (Lipinski definition) is 2. The van der Waals surface area contributed by atoms with Crippen LogP contribution in [0, 0.1) is 0 Å². The molecule has 9 heteroatoms. The summed E-state index contributed by atoms with van der Waals surface area (Å²) >= 11 is 1.61. The van der Waals surface area contributed by atoms with E-state index in [1.807, 2.05) is 19.1 Å². The third-order valence-corrected chi connectivity index (χ3v) is 6.25. The predicted octanol–water partition coefficient (Wildman–Crippen LogP) is 1.93. The van der Waals surface area contributed by atoms with E-state index in [4.69, 9.17) is 4.74 Å². The molecular formula is C20H25N5O3S. The number of thiophene rings is 1. The van der Waals surface area contributed by atoms with E-state index in [2.05, 4.69) is 25.4 Å². The molecule has 2 aromatic heterocycles. The smallest absolute Gasteiger partial charge is 0.269 e. The Bertz CT molecular complexity index is 890. The van der Waals surface area contributed by atoms with Crippen molar-refractivity contribution in [1.82, 2.24) is 15.2 Å². The monoisotopic (exact) mass is 415 g/mol. The fourth-order valence-electron chi connectivity index (χ4n) is 3.56. The number of fused-ring (bicyclic) bond motifs is 1. The van der Waals surface area contributed by atoms with Gasteiger partial charge in [-0.05, 0) is 24.6 Å². The Morgan fingerprint density at radius 3 is 2.79 bits per heavy atom. The first-order valence-electron chi connectivity index (χ1n) is 9.83. The average Bonchev–Trinajstić information content (AvgIpc) is 3.14. The van der Waals surface area contributed by atoms with Gasteiger partial charge in [-0.15, -0.1) is 11.3 Å². The van der Waals surface area contributed by atoms with Crippen LogP contribution in [0.4, 0.5) is 11.4 Å². The van der Waals surface area contributed by atoms with Gasteiger partial charge in [0.2, 0.25) is 0 Å². The number of hydrogen-bond acceptors (Lipinski definition) is 7. The van der Waals surface area contributed by atoms with Crippen LogP contribution in [0.25, 0.3) is 0 Å². The Hall–Kier alpha value is -2.65. The van der Waals surface area contributed by atoms with Gasteiger partial charge in [0, 0.05) is 44.6 Å². The molecule has 29 heavy (non-hydrogen) atoms. The highest BCUT2D eigenvalue weighted by molar-refractivity contribution is 7.14. The normalized spacial score (nSPS) is 19.3. The summed E-state index contributed by atoms with van der Waals surface area (Å²) in [4.78, 5) is 33.7. The van der Waals surface area contributed by atoms with Crippen LogP contribution in [-0.2, 0) is 11.3 Å². The molecule has 1 atom stereocenters. The number of pyridine rings is 1. The van der Waals surface area contributed by atoms with Gasteiger partial charge in [-0.3, -0.25) is 14.5 Å². The molecule has 154 valence electrons. The van der Waals surface area contributed by atoms with Crippen LogP contribution in [0.15, 0.2) is 24.4 Å². The summed E-state index contributed by atoms with van der Waals surface area (Å²) in [5.74, 6) is -0.237. The van der Waals surface area contributed by atoms with Crippen LogP contribution >= 0.6 is 11.3 Å². The predicted molar refractivity (Wildman–Crippen MR) is 113 cm³/mol. The summed E-state index contributed by atoms with van der Waals surface area (Å²) in [6.45, 7) is 6.46. The Morgan fingerprint density at radius 2 is 2.14 bits per heavy atom. The lowest BCUT2D eigenvalue weighted by atomic mass is 10.2. The minimum absolute atomic E-state index is 0.0611. The van der Waals surface area contributed by atoms with Gasteiger partial charge < -0.3 is 20.3 Å². The molecule has 0 spiro atoms. The van der Waals surface area contributed by atoms with Crippen molar-refractivity contribution in [1.29, 1.82) is 0 Å². The SMILES string of the molecule is CCC1Oc2sc(CN3CCN(c4ccc(C(=O)NC)nc4)CC3)cc2NC1=O. The average molecular weight is 416 g/mol. The summed E-state index contributed by atoms with van der Waals surface area (Å²) < 4.78 is 5.82. The Balaban J connectivity index is 1.33. The Labute approximate surface area is 173 Å². The van der Waals surface area contributed by atoms with Gasteiger partial charge in [0.1, 0.15) is 5.69 Å². The number of anilines is 2. The third-order valence-electron chi connectivity index (χ3n) is 5.24. The van der Waals surface area contributed by atoms with Crippen LogP contribution in [0.1, 0.15) is 28.7 Å². The lowest BCUT2D eigenvalue weighted by molar-refractivity contribution is -0.123. The molecule has 2 amide bonds.